The maximum Gasteiger partial charge on any atom is 0.0582 e. The van der Waals surface area contributed by atoms with Gasteiger partial charge in [0.15, 0.2) is 0 Å². The van der Waals surface area contributed by atoms with E-state index in [1.807, 2.05) is 0 Å². The Balaban J connectivity index is 1.24. The van der Waals surface area contributed by atoms with Crippen molar-refractivity contribution in [2.45, 2.75) is 38.5 Å². The second-order valence-electron chi connectivity index (χ2n) is 17.3. The minimum absolute atomic E-state index is 0.219. The van der Waals surface area contributed by atoms with E-state index in [-0.39, 0.29) is 10.8 Å². The zero-order valence-corrected chi connectivity index (χ0v) is 32.7. The van der Waals surface area contributed by atoms with E-state index in [0.29, 0.717) is 0 Å². The van der Waals surface area contributed by atoms with Crippen molar-refractivity contribution in [1.29, 1.82) is 0 Å². The smallest absolute Gasteiger partial charge is 0.0582 e. The van der Waals surface area contributed by atoms with Crippen LogP contribution in [0.15, 0.2) is 176 Å². The van der Waals surface area contributed by atoms with Crippen LogP contribution in [-0.2, 0) is 10.8 Å². The second kappa shape index (κ2) is 11.4. The molecule has 0 amide bonds. The van der Waals surface area contributed by atoms with Crippen molar-refractivity contribution in [1.82, 2.24) is 4.57 Å². The largest absolute Gasteiger partial charge is 0.308 e. The predicted octanol–water partition coefficient (Wildman–Crippen LogP) is 15.0. The van der Waals surface area contributed by atoms with Crippen LogP contribution in [0.4, 0.5) is 0 Å². The molecule has 10 aromatic rings. The number of hydrogen-bond acceptors (Lipinski definition) is 0. The average molecular weight is 728 g/mol. The molecule has 1 aromatic heterocycles. The fraction of sp³-hybridized carbons (Fsp3) is 0.107. The van der Waals surface area contributed by atoms with E-state index in [1.54, 1.807) is 0 Å². The van der Waals surface area contributed by atoms with Crippen molar-refractivity contribution in [3.8, 4) is 50.2 Å². The number of hydrogen-bond donors (Lipinski definition) is 0. The molecule has 270 valence electrons. The summed E-state index contributed by atoms with van der Waals surface area (Å²) in [6.45, 7) is 9.76. The maximum atomic E-state index is 2.65. The van der Waals surface area contributed by atoms with Crippen LogP contribution < -0.4 is 0 Å². The molecule has 0 fully saturated rings. The number of rotatable bonds is 4. The van der Waals surface area contributed by atoms with E-state index in [4.69, 9.17) is 0 Å². The summed E-state index contributed by atoms with van der Waals surface area (Å²) in [7, 11) is 0. The summed E-state index contributed by atoms with van der Waals surface area (Å²) in [5.41, 5.74) is 19.2. The van der Waals surface area contributed by atoms with Crippen molar-refractivity contribution in [3.05, 3.63) is 198 Å². The molecule has 12 rings (SSSR count). The van der Waals surface area contributed by atoms with Crippen molar-refractivity contribution in [2.24, 2.45) is 0 Å². The van der Waals surface area contributed by atoms with E-state index in [2.05, 4.69) is 208 Å². The van der Waals surface area contributed by atoms with Gasteiger partial charge in [-0.15, -0.1) is 0 Å². The topological polar surface area (TPSA) is 4.93 Å². The summed E-state index contributed by atoms with van der Waals surface area (Å²) in [6.07, 6.45) is 0. The van der Waals surface area contributed by atoms with Gasteiger partial charge in [0, 0.05) is 21.6 Å². The highest BCUT2D eigenvalue weighted by Gasteiger charge is 2.43. The van der Waals surface area contributed by atoms with E-state index in [1.165, 1.54) is 116 Å². The number of fused-ring (bicyclic) bond motifs is 3. The lowest BCUT2D eigenvalue weighted by molar-refractivity contribution is 0.594. The Morgan fingerprint density at radius 2 is 0.667 bits per heavy atom. The normalized spacial score (nSPS) is 14.6. The van der Waals surface area contributed by atoms with Crippen LogP contribution in [0, 0.1) is 0 Å². The zero-order valence-electron chi connectivity index (χ0n) is 32.7. The lowest BCUT2D eigenvalue weighted by Crippen LogP contribution is -2.33. The molecule has 0 atom stereocenters. The van der Waals surface area contributed by atoms with Gasteiger partial charge in [0.25, 0.3) is 0 Å². The first-order valence-electron chi connectivity index (χ1n) is 20.3. The molecule has 0 saturated heterocycles. The van der Waals surface area contributed by atoms with E-state index in [9.17, 15) is 0 Å². The molecule has 0 unspecified atom stereocenters. The maximum absolute atomic E-state index is 2.65. The summed E-state index contributed by atoms with van der Waals surface area (Å²) in [5.74, 6) is 0. The standard InChI is InChI=1S/C56H41N/c1-55(2)48-24-15-25-49-54(48)57-52-46(30-40(32-50(52)55)44-28-38-22-13-11-20-36(38)26-42(44)34-16-7-5-8-17-34)47-31-41(33-51(53(47)57)56(49,3)4)45-29-39-23-14-12-21-37(39)27-43(45)35-18-9-6-10-19-35/h5-33H,1-4H3. The van der Waals surface area contributed by atoms with Crippen LogP contribution in [0.3, 0.4) is 0 Å². The van der Waals surface area contributed by atoms with Crippen molar-refractivity contribution in [2.75, 3.05) is 0 Å². The molecule has 1 nitrogen and oxygen atoms in total. The molecular weight excluding hydrogens is 687 g/mol. The highest BCUT2D eigenvalue weighted by molar-refractivity contribution is 6.17. The van der Waals surface area contributed by atoms with Gasteiger partial charge < -0.3 is 4.57 Å². The molecule has 0 N–H and O–H groups in total. The van der Waals surface area contributed by atoms with Crippen molar-refractivity contribution >= 4 is 43.4 Å². The first kappa shape index (κ1) is 32.5. The fourth-order valence-electron chi connectivity index (χ4n) is 10.5. The third kappa shape index (κ3) is 4.46. The lowest BCUT2D eigenvalue weighted by atomic mass is 9.68. The molecule has 0 saturated carbocycles. The molecule has 57 heavy (non-hydrogen) atoms. The molecule has 1 heteroatoms. The third-order valence-corrected chi connectivity index (χ3v) is 13.5. The Morgan fingerprint density at radius 1 is 0.316 bits per heavy atom. The van der Waals surface area contributed by atoms with Crippen LogP contribution in [-0.4, -0.2) is 4.57 Å². The molecule has 3 heterocycles. The van der Waals surface area contributed by atoms with Gasteiger partial charge >= 0.3 is 0 Å². The Bertz CT molecular complexity index is 3100. The first-order valence-corrected chi connectivity index (χ1v) is 20.3. The Morgan fingerprint density at radius 3 is 1.05 bits per heavy atom. The van der Waals surface area contributed by atoms with Gasteiger partial charge in [-0.05, 0) is 137 Å². The van der Waals surface area contributed by atoms with Gasteiger partial charge in [0.1, 0.15) is 0 Å². The monoisotopic (exact) mass is 727 g/mol. The van der Waals surface area contributed by atoms with Crippen LogP contribution in [0.2, 0.25) is 0 Å². The predicted molar refractivity (Wildman–Crippen MR) is 242 cm³/mol. The zero-order chi connectivity index (χ0) is 38.2. The number of aromatic nitrogens is 1. The molecule has 2 aliphatic heterocycles. The number of para-hydroxylation sites is 1. The van der Waals surface area contributed by atoms with Crippen LogP contribution >= 0.6 is 0 Å². The highest BCUT2D eigenvalue weighted by Crippen LogP contribution is 2.57. The Kier molecular flexibility index (Phi) is 6.53. The Hall–Kier alpha value is -6.70. The molecule has 0 bridgehead atoms. The summed E-state index contributed by atoms with van der Waals surface area (Å²) < 4.78 is 2.65. The number of nitrogens with zero attached hydrogens (tertiary/aromatic N) is 1. The third-order valence-electron chi connectivity index (χ3n) is 13.5. The molecule has 9 aromatic carbocycles. The minimum Gasteiger partial charge on any atom is -0.308 e. The molecular formula is C56H41N. The van der Waals surface area contributed by atoms with Gasteiger partial charge in [-0.25, -0.2) is 0 Å². The minimum atomic E-state index is -0.219. The van der Waals surface area contributed by atoms with Gasteiger partial charge in [0.05, 0.1) is 16.7 Å². The van der Waals surface area contributed by atoms with Gasteiger partial charge in [-0.1, -0.05) is 155 Å². The molecule has 0 spiro atoms. The molecule has 2 aliphatic rings. The average Bonchev–Trinajstić information content (AvgIpc) is 3.58. The second-order valence-corrected chi connectivity index (χ2v) is 17.3. The molecule has 0 radical (unpaired) electrons. The van der Waals surface area contributed by atoms with Crippen LogP contribution in [0.1, 0.15) is 49.9 Å². The van der Waals surface area contributed by atoms with Crippen molar-refractivity contribution in [3.63, 3.8) is 0 Å². The van der Waals surface area contributed by atoms with E-state index in [0.717, 1.165) is 0 Å². The van der Waals surface area contributed by atoms with Crippen LogP contribution in [0.25, 0.3) is 93.5 Å². The van der Waals surface area contributed by atoms with Gasteiger partial charge in [-0.2, -0.15) is 0 Å². The Labute approximate surface area is 333 Å². The van der Waals surface area contributed by atoms with Gasteiger partial charge in [0.2, 0.25) is 0 Å². The SMILES string of the molecule is CC1(C)c2cccc3c2-n2c4c1cc(-c1cc5ccccc5cc1-c1ccccc1)cc4c1cc(-c4cc5ccccc5cc4-c4ccccc4)cc(c12)C3(C)C. The summed E-state index contributed by atoms with van der Waals surface area (Å²) in [6, 6.07) is 66.2. The fourth-order valence-corrected chi connectivity index (χ4v) is 10.5. The van der Waals surface area contributed by atoms with Crippen LogP contribution in [0.5, 0.6) is 0 Å². The van der Waals surface area contributed by atoms with Gasteiger partial charge in [-0.3, -0.25) is 0 Å². The number of benzene rings is 9. The highest BCUT2D eigenvalue weighted by atomic mass is 15.0. The summed E-state index contributed by atoms with van der Waals surface area (Å²) >= 11 is 0. The van der Waals surface area contributed by atoms with E-state index >= 15 is 0 Å². The summed E-state index contributed by atoms with van der Waals surface area (Å²) in [4.78, 5) is 0. The van der Waals surface area contributed by atoms with Crippen molar-refractivity contribution < 1.29 is 0 Å². The summed E-state index contributed by atoms with van der Waals surface area (Å²) in [5, 5.41) is 7.67. The van der Waals surface area contributed by atoms with E-state index < -0.39 is 0 Å². The quantitative estimate of drug-likeness (QED) is 0.170. The molecule has 0 aliphatic carbocycles. The lowest BCUT2D eigenvalue weighted by Gasteiger charge is -2.42. The first-order chi connectivity index (χ1) is 27.8.